The number of fused-ring (bicyclic) bond motifs is 5. The van der Waals surface area contributed by atoms with Crippen LogP contribution in [0, 0.1) is 45.8 Å². The van der Waals surface area contributed by atoms with Gasteiger partial charge >= 0.3 is 31.2 Å². The molecule has 13 nitrogen and oxygen atoms in total. The van der Waals surface area contributed by atoms with Crippen molar-refractivity contribution in [2.75, 3.05) is 0 Å². The first-order chi connectivity index (χ1) is 20.9. The first-order valence-corrected chi connectivity index (χ1v) is 20.0. The highest BCUT2D eigenvalue weighted by Crippen LogP contribution is 2.72. The molecule has 3 saturated carbocycles. The lowest BCUT2D eigenvalue weighted by Gasteiger charge is -2.63. The summed E-state index contributed by atoms with van der Waals surface area (Å²) in [5, 5.41) is 11.6. The van der Waals surface area contributed by atoms with Gasteiger partial charge in [0.1, 0.15) is 12.2 Å². The van der Waals surface area contributed by atoms with Gasteiger partial charge in [0.15, 0.2) is 0 Å². The Labute approximate surface area is 274 Å². The second kappa shape index (κ2) is 12.7. The van der Waals surface area contributed by atoms with Crippen molar-refractivity contribution in [2.45, 2.75) is 117 Å². The molecule has 4 rings (SSSR count). The SMILES string of the molecule is C=C(C)C(CC)CCC(C)C1CCC2(C)C3CC(OS(=O)(=O)O)C4C(O)C(OS(=O)(=O)O)C(OS(=O)(=O)O)CC4(C)C3=CCC12C. The molecule has 4 aliphatic carbocycles. The molecule has 4 N–H and O–H groups in total. The third-order valence-corrected chi connectivity index (χ3v) is 14.0. The van der Waals surface area contributed by atoms with E-state index in [1.807, 2.05) is 0 Å². The van der Waals surface area contributed by atoms with Gasteiger partial charge in [-0.2, -0.15) is 25.3 Å². The van der Waals surface area contributed by atoms with Crippen molar-refractivity contribution < 1.29 is 56.6 Å². The minimum atomic E-state index is -5.28. The topological polar surface area (TPSA) is 211 Å². The normalized spacial score (nSPS) is 41.1. The number of aliphatic hydroxyl groups excluding tert-OH is 1. The summed E-state index contributed by atoms with van der Waals surface area (Å²) >= 11 is 0. The summed E-state index contributed by atoms with van der Waals surface area (Å²) in [7, 11) is -15.6. The molecule has 266 valence electrons. The molecule has 16 heteroatoms. The summed E-state index contributed by atoms with van der Waals surface area (Å²) in [5.74, 6) is -0.410. The molecule has 0 aliphatic heterocycles. The Kier molecular flexibility index (Phi) is 10.5. The van der Waals surface area contributed by atoms with E-state index >= 15 is 0 Å². The maximum Gasteiger partial charge on any atom is 0.397 e. The van der Waals surface area contributed by atoms with Gasteiger partial charge in [0.05, 0.1) is 12.2 Å². The molecule has 4 aliphatic rings. The lowest BCUT2D eigenvalue weighted by Crippen LogP contribution is -2.65. The van der Waals surface area contributed by atoms with Crippen molar-refractivity contribution >= 4 is 31.2 Å². The summed E-state index contributed by atoms with van der Waals surface area (Å²) in [5.41, 5.74) is 0.104. The highest BCUT2D eigenvalue weighted by molar-refractivity contribution is 7.81. The lowest BCUT2D eigenvalue weighted by molar-refractivity contribution is -0.179. The predicted molar refractivity (Wildman–Crippen MR) is 168 cm³/mol. The van der Waals surface area contributed by atoms with Crippen LogP contribution in [0.4, 0.5) is 0 Å². The molecule has 0 amide bonds. The quantitative estimate of drug-likeness (QED) is 0.159. The zero-order chi connectivity index (χ0) is 34.8. The van der Waals surface area contributed by atoms with Gasteiger partial charge in [-0.25, -0.2) is 12.5 Å². The van der Waals surface area contributed by atoms with Crippen LogP contribution >= 0.6 is 0 Å². The van der Waals surface area contributed by atoms with Gasteiger partial charge in [-0.15, -0.1) is 0 Å². The van der Waals surface area contributed by atoms with E-state index in [4.69, 9.17) is 8.37 Å². The fraction of sp³-hybridized carbons (Fsp3) is 0.867. The molecule has 0 spiro atoms. The van der Waals surface area contributed by atoms with Crippen LogP contribution in [0.5, 0.6) is 0 Å². The zero-order valence-electron chi connectivity index (χ0n) is 27.3. The molecular formula is C30H50O13S3. The fourth-order valence-corrected chi connectivity index (χ4v) is 11.7. The molecule has 0 aromatic heterocycles. The van der Waals surface area contributed by atoms with E-state index in [2.05, 4.69) is 51.5 Å². The van der Waals surface area contributed by atoms with Gasteiger partial charge in [0.2, 0.25) is 0 Å². The van der Waals surface area contributed by atoms with Gasteiger partial charge < -0.3 is 5.11 Å². The Hall–Kier alpha value is -0.950. The number of hydrogen-bond donors (Lipinski definition) is 4. The van der Waals surface area contributed by atoms with Crippen molar-refractivity contribution in [3.05, 3.63) is 23.8 Å². The van der Waals surface area contributed by atoms with Crippen LogP contribution in [0.2, 0.25) is 0 Å². The summed E-state index contributed by atoms with van der Waals surface area (Å²) in [6, 6.07) is 0. The third-order valence-electron chi connectivity index (χ3n) is 12.5. The van der Waals surface area contributed by atoms with Crippen LogP contribution in [0.25, 0.3) is 0 Å². The minimum absolute atomic E-state index is 0.0477. The fourth-order valence-electron chi connectivity index (χ4n) is 10.2. The highest BCUT2D eigenvalue weighted by Gasteiger charge is 2.68. The van der Waals surface area contributed by atoms with Crippen LogP contribution in [0.15, 0.2) is 23.8 Å². The Bertz CT molecular complexity index is 1540. The van der Waals surface area contributed by atoms with Crippen LogP contribution < -0.4 is 0 Å². The maximum absolute atomic E-state index is 12.1. The van der Waals surface area contributed by atoms with E-state index in [1.54, 1.807) is 6.92 Å². The standard InChI is InChI=1S/C30H50O13S3/c1-8-19(17(2)3)10-9-18(4)20-11-13-30(7)22-15-23(41-44(32,33)34)25-26(31)27(43-46(38,39)40)24(42-45(35,36)37)16-28(25,5)21(22)12-14-29(20,30)6/h12,18-20,22-27,31H,2,8-11,13-16H2,1,3-7H3,(H,32,33,34)(H,35,36,37)(H,38,39,40). The van der Waals surface area contributed by atoms with Gasteiger partial charge in [-0.05, 0) is 98.2 Å². The first-order valence-electron chi connectivity index (χ1n) is 15.9. The van der Waals surface area contributed by atoms with E-state index < -0.39 is 72.4 Å². The van der Waals surface area contributed by atoms with E-state index in [9.17, 15) is 44.0 Å². The second-order valence-corrected chi connectivity index (χ2v) is 18.0. The molecule has 12 unspecified atom stereocenters. The second-order valence-electron chi connectivity index (χ2n) is 14.9. The molecule has 0 aromatic carbocycles. The lowest BCUT2D eigenvalue weighted by atomic mass is 9.43. The summed E-state index contributed by atoms with van der Waals surface area (Å²) in [6.07, 6.45) is 0.0139. The predicted octanol–water partition coefficient (Wildman–Crippen LogP) is 4.73. The van der Waals surface area contributed by atoms with E-state index in [-0.39, 0.29) is 24.2 Å². The largest absolute Gasteiger partial charge is 0.397 e. The van der Waals surface area contributed by atoms with Crippen molar-refractivity contribution in [3.63, 3.8) is 0 Å². The number of aliphatic hydroxyl groups is 1. The van der Waals surface area contributed by atoms with E-state index in [0.29, 0.717) is 24.2 Å². The zero-order valence-corrected chi connectivity index (χ0v) is 29.8. The van der Waals surface area contributed by atoms with Crippen LogP contribution in [-0.2, 0) is 43.7 Å². The molecule has 0 saturated heterocycles. The average Bonchev–Trinajstić information content (AvgIpc) is 3.15. The summed E-state index contributed by atoms with van der Waals surface area (Å²) in [6.45, 7) is 16.8. The number of hydrogen-bond acceptors (Lipinski definition) is 10. The molecule has 0 bridgehead atoms. The molecule has 12 atom stereocenters. The Morgan fingerprint density at radius 1 is 0.957 bits per heavy atom. The molecule has 0 heterocycles. The van der Waals surface area contributed by atoms with Gasteiger partial charge in [0, 0.05) is 5.92 Å². The Balaban J connectivity index is 1.79. The molecule has 0 radical (unpaired) electrons. The van der Waals surface area contributed by atoms with Crippen molar-refractivity contribution in [1.82, 2.24) is 0 Å². The maximum atomic E-state index is 12.1. The van der Waals surface area contributed by atoms with Crippen LogP contribution in [0.3, 0.4) is 0 Å². The van der Waals surface area contributed by atoms with Crippen molar-refractivity contribution in [3.8, 4) is 0 Å². The molecular weight excluding hydrogens is 665 g/mol. The van der Waals surface area contributed by atoms with Crippen molar-refractivity contribution in [1.29, 1.82) is 0 Å². The number of rotatable bonds is 12. The van der Waals surface area contributed by atoms with Crippen LogP contribution in [-0.4, -0.2) is 68.4 Å². The molecule has 3 fully saturated rings. The van der Waals surface area contributed by atoms with Gasteiger partial charge in [0.25, 0.3) is 0 Å². The smallest absolute Gasteiger partial charge is 0.390 e. The number of allylic oxidation sites excluding steroid dienone is 3. The van der Waals surface area contributed by atoms with E-state index in [0.717, 1.165) is 37.7 Å². The molecule has 0 aromatic rings. The summed E-state index contributed by atoms with van der Waals surface area (Å²) < 4.78 is 115. The van der Waals surface area contributed by atoms with Gasteiger partial charge in [-0.3, -0.25) is 13.7 Å². The average molecular weight is 715 g/mol. The Morgan fingerprint density at radius 3 is 2.04 bits per heavy atom. The van der Waals surface area contributed by atoms with Crippen molar-refractivity contribution in [2.24, 2.45) is 45.8 Å². The highest BCUT2D eigenvalue weighted by atomic mass is 32.3. The first kappa shape index (κ1) is 37.9. The van der Waals surface area contributed by atoms with E-state index in [1.165, 1.54) is 5.57 Å². The monoisotopic (exact) mass is 714 g/mol. The third kappa shape index (κ3) is 7.17. The van der Waals surface area contributed by atoms with Gasteiger partial charge in [-0.1, -0.05) is 58.4 Å². The summed E-state index contributed by atoms with van der Waals surface area (Å²) in [4.78, 5) is 0. The van der Waals surface area contributed by atoms with Crippen LogP contribution in [0.1, 0.15) is 92.9 Å². The molecule has 46 heavy (non-hydrogen) atoms. The Morgan fingerprint density at radius 2 is 1.52 bits per heavy atom. The minimum Gasteiger partial charge on any atom is -0.390 e.